The predicted octanol–water partition coefficient (Wildman–Crippen LogP) is 2.60. The van der Waals surface area contributed by atoms with Gasteiger partial charge in [-0.15, -0.1) is 11.3 Å². The zero-order valence-corrected chi connectivity index (χ0v) is 10.5. The van der Waals surface area contributed by atoms with Crippen molar-refractivity contribution in [3.63, 3.8) is 0 Å². The molecule has 2 rings (SSSR count). The molecular formula is C12H17N3S. The Labute approximate surface area is 100 Å². The molecule has 2 heterocycles. The summed E-state index contributed by atoms with van der Waals surface area (Å²) in [4.78, 5) is 1.39. The Morgan fingerprint density at radius 2 is 2.38 bits per heavy atom. The average Bonchev–Trinajstić information content (AvgIpc) is 2.90. The molecule has 0 amide bonds. The maximum atomic E-state index is 4.25. The van der Waals surface area contributed by atoms with Gasteiger partial charge in [0.15, 0.2) is 0 Å². The van der Waals surface area contributed by atoms with Crippen LogP contribution in [0.1, 0.15) is 23.5 Å². The smallest absolute Gasteiger partial charge is 0.0537 e. The molecule has 2 aromatic rings. The molecule has 16 heavy (non-hydrogen) atoms. The van der Waals surface area contributed by atoms with E-state index in [9.17, 15) is 0 Å². The molecule has 0 aliphatic rings. The molecule has 1 unspecified atom stereocenters. The Morgan fingerprint density at radius 3 is 3.00 bits per heavy atom. The molecule has 0 radical (unpaired) electrons. The van der Waals surface area contributed by atoms with Crippen LogP contribution in [-0.4, -0.2) is 16.3 Å². The zero-order valence-electron chi connectivity index (χ0n) is 9.68. The van der Waals surface area contributed by atoms with E-state index in [1.165, 1.54) is 10.6 Å². The summed E-state index contributed by atoms with van der Waals surface area (Å²) in [5.74, 6) is 0. The molecule has 0 aliphatic carbocycles. The maximum Gasteiger partial charge on any atom is 0.0537 e. The Hall–Kier alpha value is -1.13. The number of nitrogens with zero attached hydrogens (tertiary/aromatic N) is 2. The van der Waals surface area contributed by atoms with E-state index >= 15 is 0 Å². The van der Waals surface area contributed by atoms with Crippen molar-refractivity contribution >= 4 is 11.3 Å². The van der Waals surface area contributed by atoms with Crippen LogP contribution < -0.4 is 5.32 Å². The second-order valence-electron chi connectivity index (χ2n) is 3.89. The van der Waals surface area contributed by atoms with Crippen LogP contribution in [-0.2, 0) is 6.54 Å². The van der Waals surface area contributed by atoms with Gasteiger partial charge in [0.1, 0.15) is 0 Å². The van der Waals surface area contributed by atoms with Crippen LogP contribution in [0.3, 0.4) is 0 Å². The summed E-state index contributed by atoms with van der Waals surface area (Å²) >= 11 is 1.80. The monoisotopic (exact) mass is 235 g/mol. The van der Waals surface area contributed by atoms with E-state index in [1.807, 2.05) is 16.9 Å². The van der Waals surface area contributed by atoms with Crippen molar-refractivity contribution in [1.29, 1.82) is 0 Å². The van der Waals surface area contributed by atoms with Gasteiger partial charge < -0.3 is 5.32 Å². The first kappa shape index (κ1) is 11.4. The fraction of sp³-hybridized carbons (Fsp3) is 0.417. The quantitative estimate of drug-likeness (QED) is 0.863. The van der Waals surface area contributed by atoms with Gasteiger partial charge in [0, 0.05) is 29.4 Å². The molecule has 0 aromatic carbocycles. The molecule has 0 saturated carbocycles. The second kappa shape index (κ2) is 5.27. The first-order chi connectivity index (χ1) is 7.77. The minimum absolute atomic E-state index is 0.427. The third-order valence-corrected chi connectivity index (χ3v) is 3.73. The zero-order chi connectivity index (χ0) is 11.4. The molecule has 0 aliphatic heterocycles. The standard InChI is InChI=1S/C12H17N3S/c1-10-5-6-14-15(10)8-7-13-11(2)12-4-3-9-16-12/h3-6,9,11,13H,7-8H2,1-2H3. The summed E-state index contributed by atoms with van der Waals surface area (Å²) < 4.78 is 2.02. The van der Waals surface area contributed by atoms with E-state index in [2.05, 4.69) is 41.8 Å². The molecule has 1 N–H and O–H groups in total. The number of aryl methyl sites for hydroxylation is 1. The Balaban J connectivity index is 1.78. The molecule has 3 nitrogen and oxygen atoms in total. The van der Waals surface area contributed by atoms with Crippen LogP contribution in [0.4, 0.5) is 0 Å². The number of thiophene rings is 1. The summed E-state index contributed by atoms with van der Waals surface area (Å²) in [5, 5.41) is 9.87. The average molecular weight is 235 g/mol. The van der Waals surface area contributed by atoms with E-state index in [0.717, 1.165) is 13.1 Å². The highest BCUT2D eigenvalue weighted by Gasteiger charge is 2.05. The fourth-order valence-electron chi connectivity index (χ4n) is 1.66. The van der Waals surface area contributed by atoms with Crippen molar-refractivity contribution in [2.24, 2.45) is 0 Å². The van der Waals surface area contributed by atoms with Crippen LogP contribution in [0.2, 0.25) is 0 Å². The van der Waals surface area contributed by atoms with Crippen molar-refractivity contribution < 1.29 is 0 Å². The van der Waals surface area contributed by atoms with E-state index < -0.39 is 0 Å². The number of rotatable bonds is 5. The van der Waals surface area contributed by atoms with Gasteiger partial charge in [-0.25, -0.2) is 0 Å². The van der Waals surface area contributed by atoms with E-state index in [-0.39, 0.29) is 0 Å². The molecule has 0 spiro atoms. The van der Waals surface area contributed by atoms with Gasteiger partial charge in [0.05, 0.1) is 6.54 Å². The number of nitrogens with one attached hydrogen (secondary N) is 1. The molecule has 0 fully saturated rings. The van der Waals surface area contributed by atoms with Crippen LogP contribution in [0.5, 0.6) is 0 Å². The summed E-state index contributed by atoms with van der Waals surface area (Å²) in [7, 11) is 0. The van der Waals surface area contributed by atoms with Crippen LogP contribution >= 0.6 is 11.3 Å². The van der Waals surface area contributed by atoms with Gasteiger partial charge in [-0.1, -0.05) is 6.07 Å². The Morgan fingerprint density at radius 1 is 1.50 bits per heavy atom. The van der Waals surface area contributed by atoms with Crippen LogP contribution in [0, 0.1) is 6.92 Å². The van der Waals surface area contributed by atoms with E-state index in [1.54, 1.807) is 11.3 Å². The maximum absolute atomic E-state index is 4.25. The second-order valence-corrected chi connectivity index (χ2v) is 4.87. The topological polar surface area (TPSA) is 29.9 Å². The van der Waals surface area contributed by atoms with Crippen LogP contribution in [0.15, 0.2) is 29.8 Å². The van der Waals surface area contributed by atoms with Crippen molar-refractivity contribution in [3.05, 3.63) is 40.3 Å². The third kappa shape index (κ3) is 2.71. The molecule has 2 aromatic heterocycles. The normalized spacial score (nSPS) is 12.9. The minimum atomic E-state index is 0.427. The summed E-state index contributed by atoms with van der Waals surface area (Å²) in [6.45, 7) is 6.15. The third-order valence-electron chi connectivity index (χ3n) is 2.67. The van der Waals surface area contributed by atoms with Gasteiger partial charge in [-0.2, -0.15) is 5.10 Å². The molecule has 1 atom stereocenters. The fourth-order valence-corrected chi connectivity index (χ4v) is 2.42. The first-order valence-corrected chi connectivity index (χ1v) is 6.40. The summed E-state index contributed by atoms with van der Waals surface area (Å²) in [6.07, 6.45) is 1.85. The highest BCUT2D eigenvalue weighted by Crippen LogP contribution is 2.17. The van der Waals surface area contributed by atoms with Gasteiger partial charge in [0.2, 0.25) is 0 Å². The predicted molar refractivity (Wildman–Crippen MR) is 67.7 cm³/mol. The first-order valence-electron chi connectivity index (χ1n) is 5.52. The van der Waals surface area contributed by atoms with Gasteiger partial charge in [-0.3, -0.25) is 4.68 Å². The van der Waals surface area contributed by atoms with Gasteiger partial charge >= 0.3 is 0 Å². The van der Waals surface area contributed by atoms with Crippen molar-refractivity contribution in [3.8, 4) is 0 Å². The molecule has 4 heteroatoms. The number of hydrogen-bond donors (Lipinski definition) is 1. The highest BCUT2D eigenvalue weighted by atomic mass is 32.1. The Kier molecular flexibility index (Phi) is 3.74. The molecule has 86 valence electrons. The number of hydrogen-bond acceptors (Lipinski definition) is 3. The van der Waals surface area contributed by atoms with Crippen molar-refractivity contribution in [1.82, 2.24) is 15.1 Å². The highest BCUT2D eigenvalue weighted by molar-refractivity contribution is 7.10. The van der Waals surface area contributed by atoms with Crippen molar-refractivity contribution in [2.75, 3.05) is 6.54 Å². The molecular weight excluding hydrogens is 218 g/mol. The molecule has 0 bridgehead atoms. The lowest BCUT2D eigenvalue weighted by Crippen LogP contribution is -2.23. The van der Waals surface area contributed by atoms with Crippen LogP contribution in [0.25, 0.3) is 0 Å². The van der Waals surface area contributed by atoms with E-state index in [4.69, 9.17) is 0 Å². The SMILES string of the molecule is Cc1ccnn1CCNC(C)c1cccs1. The summed E-state index contributed by atoms with van der Waals surface area (Å²) in [5.41, 5.74) is 1.21. The lowest BCUT2D eigenvalue weighted by molar-refractivity contribution is 0.505. The molecule has 0 saturated heterocycles. The Bertz CT molecular complexity index is 419. The lowest BCUT2D eigenvalue weighted by atomic mass is 10.3. The minimum Gasteiger partial charge on any atom is -0.308 e. The number of aromatic nitrogens is 2. The van der Waals surface area contributed by atoms with Crippen molar-refractivity contribution in [2.45, 2.75) is 26.4 Å². The van der Waals surface area contributed by atoms with E-state index in [0.29, 0.717) is 6.04 Å². The van der Waals surface area contributed by atoms with Gasteiger partial charge in [0.25, 0.3) is 0 Å². The summed E-state index contributed by atoms with van der Waals surface area (Å²) in [6, 6.07) is 6.72. The van der Waals surface area contributed by atoms with Gasteiger partial charge in [-0.05, 0) is 31.4 Å². The lowest BCUT2D eigenvalue weighted by Gasteiger charge is -2.12. The largest absolute Gasteiger partial charge is 0.308 e.